The van der Waals surface area contributed by atoms with Crippen molar-refractivity contribution in [3.8, 4) is 0 Å². The summed E-state index contributed by atoms with van der Waals surface area (Å²) in [6, 6.07) is -4.57. The van der Waals surface area contributed by atoms with Gasteiger partial charge in [-0.2, -0.15) is 0 Å². The van der Waals surface area contributed by atoms with Gasteiger partial charge in [-0.05, 0) is 25.7 Å². The fourth-order valence-corrected chi connectivity index (χ4v) is 11.3. The Kier molecular flexibility index (Phi) is 65.2. The molecule has 41 heteroatoms. The van der Waals surface area contributed by atoms with Gasteiger partial charge in [-0.3, -0.25) is 57.5 Å². The first-order valence-corrected chi connectivity index (χ1v) is 41.8. The molecule has 4 rings (SSSR count). The van der Waals surface area contributed by atoms with E-state index in [0.717, 1.165) is 77.0 Å². The fraction of sp³-hybridized carbons (Fsp3) is 0.650. The van der Waals surface area contributed by atoms with Crippen LogP contribution in [-0.4, -0.2) is 232 Å². The summed E-state index contributed by atoms with van der Waals surface area (Å²) in [5, 5.41) is 65.7. The van der Waals surface area contributed by atoms with Gasteiger partial charge in [0.2, 0.25) is 70.9 Å². The summed E-state index contributed by atoms with van der Waals surface area (Å²) in [7, 11) is 0. The summed E-state index contributed by atoms with van der Waals surface area (Å²) in [5.74, 6) is -10.2. The Morgan fingerprint density at radius 3 is 0.562 bits per heavy atom. The molecular weight excluding hydrogens is 1620 g/mol. The minimum atomic E-state index is -1.19. The summed E-state index contributed by atoms with van der Waals surface area (Å²) in [6.45, 7) is 6.28. The van der Waals surface area contributed by atoms with Crippen LogP contribution in [0.2, 0.25) is 0 Å². The molecule has 0 aliphatic heterocycles. The molecule has 121 heavy (non-hydrogen) atoms. The molecule has 681 valence electrons. The number of unbranched alkanes of at least 4 members (excludes halogenated alkanes) is 24. The number of hydrogen-bond donors (Lipinski definition) is 20. The zero-order valence-corrected chi connectivity index (χ0v) is 71.4. The largest absolute Gasteiger partial charge is 2.00 e. The van der Waals surface area contributed by atoms with Crippen LogP contribution < -0.4 is 63.8 Å². The van der Waals surface area contributed by atoms with Gasteiger partial charge >= 0.3 is 40.9 Å². The minimum Gasteiger partial charge on any atom is -0.480 e. The number of carbonyl (C=O) groups is 16. The number of carboxylic acid groups (broad SMARTS) is 4. The van der Waals surface area contributed by atoms with E-state index in [0.29, 0.717) is 48.5 Å². The van der Waals surface area contributed by atoms with Crippen LogP contribution in [-0.2, 0) is 119 Å². The number of nitrogens with one attached hydrogen (secondary N) is 16. The Hall–Kier alpha value is -11.1. The molecule has 0 saturated heterocycles. The molecule has 1 radical (unpaired) electrons. The minimum absolute atomic E-state index is 0. The SMILES string of the molecule is CCCCCCCCCC(=O)NCC(=O)NCC(=O)N[C@@H](Cc1cnc[nH]1)C(=O)O.CCCCCCCCCC(=O)NCC(=O)NCC(=O)N[C@@H](Cc1cnc[nH]1)C(=O)O.CCCCCCCCCC(=O)NCC(=O)NCC(=O)N[C@@H](Cc1cnc[nH]1)C(=O)O.CCCCCCCCCC(=O)NCC(=O)NCC(=O)N[C@@H](Cc1cnc[nH]1)C(=O)O.[Cu+2]. The molecular formula is C80H132CuN20O20+2. The van der Waals surface area contributed by atoms with Crippen LogP contribution in [0.25, 0.3) is 0 Å². The predicted octanol–water partition coefficient (Wildman–Crippen LogP) is 3.58. The maximum atomic E-state index is 11.9. The second-order valence-electron chi connectivity index (χ2n) is 28.7. The first-order valence-electron chi connectivity index (χ1n) is 41.8. The second kappa shape index (κ2) is 71.8. The fourth-order valence-electron chi connectivity index (χ4n) is 11.3. The molecule has 0 aliphatic carbocycles. The molecule has 4 atom stereocenters. The van der Waals surface area contributed by atoms with Crippen molar-refractivity contribution in [2.24, 2.45) is 0 Å². The predicted molar refractivity (Wildman–Crippen MR) is 442 cm³/mol. The molecule has 12 amide bonds. The van der Waals surface area contributed by atoms with Gasteiger partial charge in [0.1, 0.15) is 24.2 Å². The molecule has 0 unspecified atom stereocenters. The smallest absolute Gasteiger partial charge is 0.480 e. The molecule has 0 aromatic carbocycles. The van der Waals surface area contributed by atoms with Crippen molar-refractivity contribution in [3.05, 3.63) is 72.9 Å². The second-order valence-corrected chi connectivity index (χ2v) is 28.7. The number of imidazole rings is 4. The number of H-pyrrole nitrogens is 4. The Balaban J connectivity index is 0.00000158. The molecule has 40 nitrogen and oxygen atoms in total. The maximum absolute atomic E-state index is 11.9. The average molecular weight is 1760 g/mol. The summed E-state index contributed by atoms with van der Waals surface area (Å²) in [6.07, 6.45) is 44.2. The normalized spacial score (nSPS) is 11.4. The van der Waals surface area contributed by atoms with Crippen LogP contribution >= 0.6 is 0 Å². The number of nitrogens with zero attached hydrogens (tertiary/aromatic N) is 4. The number of carboxylic acids is 4. The standard InChI is InChI=1S/4C20H33N5O5.Cu/c4*1-2-3-4-5-6-7-8-9-17(26)22-12-18(27)23-13-19(28)25-16(20(29)30)10-15-11-21-14-24-15;/h4*11,14,16H,2-10,12-13H2,1H3,(H,21,24)(H,22,26)(H,23,27)(H,25,28)(H,29,30);/q;;;;+2/t4*16-;/m0000./s1. The number of hydrogen-bond acceptors (Lipinski definition) is 20. The Morgan fingerprint density at radius 1 is 0.248 bits per heavy atom. The number of carbonyl (C=O) groups excluding carboxylic acids is 12. The van der Waals surface area contributed by atoms with Crippen molar-refractivity contribution in [2.45, 2.75) is 283 Å². The molecule has 0 bridgehead atoms. The van der Waals surface area contributed by atoms with E-state index in [-0.39, 0.29) is 119 Å². The monoisotopic (exact) mass is 1760 g/mol. The van der Waals surface area contributed by atoms with E-state index >= 15 is 0 Å². The third-order valence-corrected chi connectivity index (χ3v) is 18.0. The first-order chi connectivity index (χ1) is 57.7. The number of aliphatic carboxylic acids is 4. The molecule has 4 aromatic heterocycles. The van der Waals surface area contributed by atoms with E-state index in [9.17, 15) is 97.1 Å². The zero-order chi connectivity index (χ0) is 88.8. The van der Waals surface area contributed by atoms with Crippen molar-refractivity contribution >= 4 is 94.8 Å². The third-order valence-electron chi connectivity index (χ3n) is 18.0. The van der Waals surface area contributed by atoms with Crippen molar-refractivity contribution < 1.29 is 114 Å². The van der Waals surface area contributed by atoms with Crippen LogP contribution in [0.4, 0.5) is 0 Å². The Labute approximate surface area is 717 Å². The summed E-state index contributed by atoms with van der Waals surface area (Å²) in [5.41, 5.74) is 2.26. The Morgan fingerprint density at radius 2 is 0.405 bits per heavy atom. The summed E-state index contributed by atoms with van der Waals surface area (Å²) in [4.78, 5) is 213. The third kappa shape index (κ3) is 62.7. The van der Waals surface area contributed by atoms with E-state index < -0.39 is 95.3 Å². The van der Waals surface area contributed by atoms with Crippen LogP contribution in [0.15, 0.2) is 50.1 Å². The number of rotatable bonds is 64. The number of aromatic nitrogens is 8. The van der Waals surface area contributed by atoms with Gasteiger partial charge in [0.05, 0.1) is 77.7 Å². The van der Waals surface area contributed by atoms with Crippen molar-refractivity contribution in [3.63, 3.8) is 0 Å². The van der Waals surface area contributed by atoms with Crippen molar-refractivity contribution in [1.29, 1.82) is 0 Å². The average Bonchev–Trinajstić information content (AvgIpc) is 1.90. The van der Waals surface area contributed by atoms with E-state index in [1.54, 1.807) is 0 Å². The molecule has 0 saturated carbocycles. The topological polar surface area (TPSA) is 613 Å². The molecule has 4 heterocycles. The van der Waals surface area contributed by atoms with Crippen LogP contribution in [0.5, 0.6) is 0 Å². The maximum Gasteiger partial charge on any atom is 2.00 e. The van der Waals surface area contributed by atoms with Gasteiger partial charge in [-0.1, -0.05) is 182 Å². The van der Waals surface area contributed by atoms with Gasteiger partial charge in [-0.15, -0.1) is 0 Å². The van der Waals surface area contributed by atoms with E-state index in [1.807, 2.05) is 0 Å². The van der Waals surface area contributed by atoms with Gasteiger partial charge in [0, 0.05) is 98.9 Å². The molecule has 20 N–H and O–H groups in total. The van der Waals surface area contributed by atoms with Crippen molar-refractivity contribution in [2.75, 3.05) is 52.4 Å². The molecule has 4 aromatic rings. The zero-order valence-electron chi connectivity index (χ0n) is 70.5. The van der Waals surface area contributed by atoms with Crippen LogP contribution in [0.1, 0.15) is 256 Å². The van der Waals surface area contributed by atoms with Gasteiger partial charge in [0.25, 0.3) is 0 Å². The summed E-state index contributed by atoms with van der Waals surface area (Å²) >= 11 is 0. The molecule has 0 spiro atoms. The van der Waals surface area contributed by atoms with Gasteiger partial charge < -0.3 is 104 Å². The Bertz CT molecular complexity index is 3120. The summed E-state index contributed by atoms with van der Waals surface area (Å²) < 4.78 is 0. The van der Waals surface area contributed by atoms with Gasteiger partial charge in [0.15, 0.2) is 0 Å². The first kappa shape index (κ1) is 110. The van der Waals surface area contributed by atoms with Crippen molar-refractivity contribution in [1.82, 2.24) is 104 Å². The van der Waals surface area contributed by atoms with E-state index in [2.05, 4.69) is 131 Å². The molecule has 0 aliphatic rings. The van der Waals surface area contributed by atoms with Gasteiger partial charge in [-0.25, -0.2) is 39.1 Å². The van der Waals surface area contributed by atoms with Crippen LogP contribution in [0, 0.1) is 0 Å². The molecule has 0 fully saturated rings. The quantitative estimate of drug-likeness (QED) is 0.0222. The van der Waals surface area contributed by atoms with Crippen LogP contribution in [0.3, 0.4) is 0 Å². The van der Waals surface area contributed by atoms with E-state index in [1.165, 1.54) is 153 Å². The number of aromatic amines is 4. The number of amides is 12. The van der Waals surface area contributed by atoms with E-state index in [4.69, 9.17) is 0 Å².